The zero-order chi connectivity index (χ0) is 21.0. The van der Waals surface area contributed by atoms with Crippen molar-refractivity contribution in [3.63, 3.8) is 0 Å². The van der Waals surface area contributed by atoms with E-state index >= 15 is 0 Å². The molecule has 10 heteroatoms. The van der Waals surface area contributed by atoms with E-state index in [9.17, 15) is 18.0 Å². The molecule has 1 aromatic heterocycles. The number of ether oxygens (including phenoxy) is 2. The molecule has 9 nitrogen and oxygen atoms in total. The normalized spacial score (nSPS) is 17.7. The van der Waals surface area contributed by atoms with Crippen LogP contribution in [-0.4, -0.2) is 72.8 Å². The van der Waals surface area contributed by atoms with Crippen molar-refractivity contribution in [3.05, 3.63) is 42.2 Å². The van der Waals surface area contributed by atoms with Crippen molar-refractivity contribution in [1.29, 1.82) is 0 Å². The lowest BCUT2D eigenvalue weighted by Gasteiger charge is -2.26. The van der Waals surface area contributed by atoms with Crippen LogP contribution in [0.15, 0.2) is 36.5 Å². The standard InChI is InChI=1S/C19H23N3O6S/c1-3-21(15-9-10-29(25,26)13-15)17(23)12-28-19(24)18-16(27-2)11-22(20-18)14-7-5-4-6-8-14/h4-8,11,15H,3,9-10,12-13H2,1-2H3/t15-/m1/s1. The van der Waals surface area contributed by atoms with Gasteiger partial charge >= 0.3 is 5.97 Å². The first-order valence-electron chi connectivity index (χ1n) is 9.20. The zero-order valence-electron chi connectivity index (χ0n) is 16.3. The molecule has 1 amide bonds. The predicted molar refractivity (Wildman–Crippen MR) is 105 cm³/mol. The summed E-state index contributed by atoms with van der Waals surface area (Å²) in [6.07, 6.45) is 1.95. The third-order valence-electron chi connectivity index (χ3n) is 4.75. The molecule has 0 spiro atoms. The molecule has 1 aliphatic rings. The Kier molecular flexibility index (Phi) is 6.21. The van der Waals surface area contributed by atoms with Crippen LogP contribution in [0.3, 0.4) is 0 Å². The molecule has 0 N–H and O–H groups in total. The van der Waals surface area contributed by atoms with Crippen LogP contribution in [0.1, 0.15) is 23.8 Å². The SMILES string of the molecule is CCN(C(=O)COC(=O)c1nn(-c2ccccc2)cc1OC)[C@@H]1CCS(=O)(=O)C1. The average Bonchev–Trinajstić information content (AvgIpc) is 3.30. The molecule has 1 saturated heterocycles. The summed E-state index contributed by atoms with van der Waals surface area (Å²) < 4.78 is 35.2. The van der Waals surface area contributed by atoms with E-state index in [0.717, 1.165) is 5.69 Å². The quantitative estimate of drug-likeness (QED) is 0.616. The Morgan fingerprint density at radius 2 is 2.00 bits per heavy atom. The number of nitrogens with zero attached hydrogens (tertiary/aromatic N) is 3. The minimum atomic E-state index is -3.12. The number of hydrogen-bond donors (Lipinski definition) is 0. The maximum Gasteiger partial charge on any atom is 0.363 e. The molecule has 156 valence electrons. The summed E-state index contributed by atoms with van der Waals surface area (Å²) in [7, 11) is -1.71. The summed E-state index contributed by atoms with van der Waals surface area (Å²) in [5.41, 5.74) is 0.691. The van der Waals surface area contributed by atoms with Crippen LogP contribution in [0, 0.1) is 0 Å². The van der Waals surface area contributed by atoms with Gasteiger partial charge in [0.1, 0.15) is 0 Å². The number of hydrogen-bond acceptors (Lipinski definition) is 7. The van der Waals surface area contributed by atoms with E-state index in [0.29, 0.717) is 13.0 Å². The first-order valence-corrected chi connectivity index (χ1v) is 11.0. The van der Waals surface area contributed by atoms with Gasteiger partial charge in [0.05, 0.1) is 30.5 Å². The second-order valence-electron chi connectivity index (χ2n) is 6.64. The average molecular weight is 421 g/mol. The van der Waals surface area contributed by atoms with E-state index in [1.807, 2.05) is 30.3 Å². The Bertz CT molecular complexity index is 987. The molecule has 1 fully saturated rings. The van der Waals surface area contributed by atoms with E-state index in [4.69, 9.17) is 9.47 Å². The fourth-order valence-corrected chi connectivity index (χ4v) is 5.03. The molecule has 1 atom stereocenters. The van der Waals surface area contributed by atoms with Crippen LogP contribution in [0.2, 0.25) is 0 Å². The highest BCUT2D eigenvalue weighted by molar-refractivity contribution is 7.91. The summed E-state index contributed by atoms with van der Waals surface area (Å²) in [4.78, 5) is 26.4. The van der Waals surface area contributed by atoms with Crippen LogP contribution in [0.5, 0.6) is 5.75 Å². The van der Waals surface area contributed by atoms with E-state index in [-0.39, 0.29) is 29.0 Å². The summed E-state index contributed by atoms with van der Waals surface area (Å²) in [5.74, 6) is -1.00. The number of para-hydroxylation sites is 1. The molecule has 0 unspecified atom stereocenters. The van der Waals surface area contributed by atoms with Crippen LogP contribution in [0.25, 0.3) is 5.69 Å². The van der Waals surface area contributed by atoms with Crippen molar-refractivity contribution < 1.29 is 27.5 Å². The number of amides is 1. The molecule has 3 rings (SSSR count). The second-order valence-corrected chi connectivity index (χ2v) is 8.87. The summed E-state index contributed by atoms with van der Waals surface area (Å²) >= 11 is 0. The smallest absolute Gasteiger partial charge is 0.363 e. The molecular weight excluding hydrogens is 398 g/mol. The van der Waals surface area contributed by atoms with Gasteiger partial charge in [0.25, 0.3) is 5.91 Å². The van der Waals surface area contributed by atoms with Crippen molar-refractivity contribution in [2.24, 2.45) is 0 Å². The number of carbonyl (C=O) groups excluding carboxylic acids is 2. The fraction of sp³-hybridized carbons (Fsp3) is 0.421. The Morgan fingerprint density at radius 3 is 2.59 bits per heavy atom. The number of esters is 1. The molecule has 2 heterocycles. The predicted octanol–water partition coefficient (Wildman–Crippen LogP) is 1.07. The molecule has 1 aromatic carbocycles. The summed E-state index contributed by atoms with van der Waals surface area (Å²) in [5, 5.41) is 4.20. The summed E-state index contributed by atoms with van der Waals surface area (Å²) in [6, 6.07) is 8.79. The third-order valence-corrected chi connectivity index (χ3v) is 6.50. The van der Waals surface area contributed by atoms with Crippen molar-refractivity contribution in [1.82, 2.24) is 14.7 Å². The van der Waals surface area contributed by atoms with Gasteiger partial charge in [-0.3, -0.25) is 4.79 Å². The van der Waals surface area contributed by atoms with Gasteiger partial charge in [0, 0.05) is 12.6 Å². The van der Waals surface area contributed by atoms with E-state index < -0.39 is 28.3 Å². The molecule has 0 bridgehead atoms. The number of rotatable bonds is 7. The van der Waals surface area contributed by atoms with Gasteiger partial charge in [-0.25, -0.2) is 17.9 Å². The van der Waals surface area contributed by atoms with Crippen molar-refractivity contribution in [2.45, 2.75) is 19.4 Å². The molecular formula is C19H23N3O6S. The van der Waals surface area contributed by atoms with Crippen LogP contribution >= 0.6 is 0 Å². The lowest BCUT2D eigenvalue weighted by Crippen LogP contribution is -2.43. The highest BCUT2D eigenvalue weighted by atomic mass is 32.2. The van der Waals surface area contributed by atoms with E-state index in [2.05, 4.69) is 5.10 Å². The Morgan fingerprint density at radius 1 is 1.28 bits per heavy atom. The second kappa shape index (κ2) is 8.64. The molecule has 0 radical (unpaired) electrons. The van der Waals surface area contributed by atoms with Crippen molar-refractivity contribution in [2.75, 3.05) is 31.8 Å². The van der Waals surface area contributed by atoms with Gasteiger partial charge < -0.3 is 14.4 Å². The molecule has 2 aromatic rings. The molecule has 1 aliphatic heterocycles. The van der Waals surface area contributed by atoms with Gasteiger partial charge in [-0.1, -0.05) is 18.2 Å². The van der Waals surface area contributed by atoms with Crippen molar-refractivity contribution in [3.8, 4) is 11.4 Å². The first kappa shape index (κ1) is 20.8. The Hall–Kier alpha value is -2.88. The number of sulfone groups is 1. The third kappa shape index (κ3) is 4.76. The monoisotopic (exact) mass is 421 g/mol. The number of aromatic nitrogens is 2. The maximum absolute atomic E-state index is 12.5. The minimum absolute atomic E-state index is 0.0457. The van der Waals surface area contributed by atoms with Gasteiger partial charge in [-0.2, -0.15) is 5.10 Å². The zero-order valence-corrected chi connectivity index (χ0v) is 17.1. The van der Waals surface area contributed by atoms with E-state index in [1.165, 1.54) is 16.7 Å². The molecule has 29 heavy (non-hydrogen) atoms. The highest BCUT2D eigenvalue weighted by Crippen LogP contribution is 2.21. The fourth-order valence-electron chi connectivity index (χ4n) is 3.30. The number of likely N-dealkylation sites (N-methyl/N-ethyl adjacent to an activating group) is 1. The van der Waals surface area contributed by atoms with Crippen LogP contribution in [-0.2, 0) is 19.4 Å². The van der Waals surface area contributed by atoms with E-state index in [1.54, 1.807) is 13.1 Å². The van der Waals surface area contributed by atoms with Gasteiger partial charge in [-0.05, 0) is 25.5 Å². The number of carbonyl (C=O) groups is 2. The number of methoxy groups -OCH3 is 1. The van der Waals surface area contributed by atoms with Gasteiger partial charge in [0.2, 0.25) is 5.69 Å². The van der Waals surface area contributed by atoms with Gasteiger partial charge in [-0.15, -0.1) is 0 Å². The largest absolute Gasteiger partial charge is 0.493 e. The number of benzene rings is 1. The minimum Gasteiger partial charge on any atom is -0.493 e. The van der Waals surface area contributed by atoms with Crippen molar-refractivity contribution >= 4 is 21.7 Å². The van der Waals surface area contributed by atoms with Crippen LogP contribution in [0.4, 0.5) is 0 Å². The lowest BCUT2D eigenvalue weighted by molar-refractivity contribution is -0.136. The lowest BCUT2D eigenvalue weighted by atomic mass is 10.2. The van der Waals surface area contributed by atoms with Gasteiger partial charge in [0.15, 0.2) is 22.2 Å². The Labute approximate surface area is 169 Å². The Balaban J connectivity index is 1.67. The molecule has 0 saturated carbocycles. The molecule has 0 aliphatic carbocycles. The summed E-state index contributed by atoms with van der Waals surface area (Å²) in [6.45, 7) is 1.60. The topological polar surface area (TPSA) is 108 Å². The van der Waals surface area contributed by atoms with Crippen LogP contribution < -0.4 is 4.74 Å². The first-order chi connectivity index (χ1) is 13.8. The highest BCUT2D eigenvalue weighted by Gasteiger charge is 2.34. The maximum atomic E-state index is 12.5.